The van der Waals surface area contributed by atoms with Gasteiger partial charge in [0.25, 0.3) is 0 Å². The number of carbonyl (C=O) groups is 2. The van der Waals surface area contributed by atoms with E-state index in [4.69, 9.17) is 4.74 Å². The molecule has 0 aliphatic rings. The molecular formula is C57H97NO5. The number of aliphatic hydroxyl groups is 2. The van der Waals surface area contributed by atoms with Crippen molar-refractivity contribution in [2.24, 2.45) is 0 Å². The van der Waals surface area contributed by atoms with Gasteiger partial charge < -0.3 is 20.3 Å². The molecule has 0 aromatic heterocycles. The Morgan fingerprint density at radius 3 is 1.30 bits per heavy atom. The first-order chi connectivity index (χ1) is 31.0. The van der Waals surface area contributed by atoms with Gasteiger partial charge >= 0.3 is 5.97 Å². The van der Waals surface area contributed by atoms with Crippen LogP contribution in [0.1, 0.15) is 226 Å². The average molecular weight is 876 g/mol. The largest absolute Gasteiger partial charge is 0.462 e. The van der Waals surface area contributed by atoms with Crippen LogP contribution in [-0.4, -0.2) is 46.9 Å². The molecule has 0 heterocycles. The van der Waals surface area contributed by atoms with E-state index in [1.165, 1.54) is 83.5 Å². The second kappa shape index (κ2) is 49.8. The van der Waals surface area contributed by atoms with Gasteiger partial charge in [0, 0.05) is 6.42 Å². The van der Waals surface area contributed by atoms with Crippen LogP contribution >= 0.6 is 0 Å². The van der Waals surface area contributed by atoms with Gasteiger partial charge in [0.2, 0.25) is 5.91 Å². The summed E-state index contributed by atoms with van der Waals surface area (Å²) < 4.78 is 5.91. The van der Waals surface area contributed by atoms with Crippen LogP contribution < -0.4 is 5.32 Å². The Labute approximate surface area is 388 Å². The summed E-state index contributed by atoms with van der Waals surface area (Å²) >= 11 is 0. The second-order valence-corrected chi connectivity index (χ2v) is 17.4. The Bertz CT molecular complexity index is 1260. The molecule has 360 valence electrons. The first-order valence-electron chi connectivity index (χ1n) is 26.1. The summed E-state index contributed by atoms with van der Waals surface area (Å²) in [5.41, 5.74) is 0. The van der Waals surface area contributed by atoms with Gasteiger partial charge in [-0.1, -0.05) is 240 Å². The zero-order valence-electron chi connectivity index (χ0n) is 40.9. The maximum Gasteiger partial charge on any atom is 0.306 e. The van der Waals surface area contributed by atoms with Crippen LogP contribution in [-0.2, 0) is 14.3 Å². The van der Waals surface area contributed by atoms with E-state index < -0.39 is 18.2 Å². The Kier molecular flexibility index (Phi) is 47.2. The highest BCUT2D eigenvalue weighted by Crippen LogP contribution is 2.17. The monoisotopic (exact) mass is 876 g/mol. The van der Waals surface area contributed by atoms with Gasteiger partial charge in [0.05, 0.1) is 25.2 Å². The molecule has 0 rings (SSSR count). The zero-order valence-corrected chi connectivity index (χ0v) is 40.9. The fourth-order valence-electron chi connectivity index (χ4n) is 7.34. The number of ether oxygens (including phenoxy) is 1. The predicted octanol–water partition coefficient (Wildman–Crippen LogP) is 15.7. The van der Waals surface area contributed by atoms with Gasteiger partial charge in [0.15, 0.2) is 0 Å². The number of aliphatic hydroxyl groups excluding tert-OH is 2. The molecule has 0 aliphatic heterocycles. The molecule has 0 radical (unpaired) electrons. The number of amides is 1. The molecule has 0 bridgehead atoms. The third-order valence-corrected chi connectivity index (χ3v) is 11.3. The summed E-state index contributed by atoms with van der Waals surface area (Å²) in [5, 5.41) is 23.7. The molecule has 1 amide bonds. The van der Waals surface area contributed by atoms with Crippen LogP contribution in [0.25, 0.3) is 0 Å². The molecule has 0 aromatic carbocycles. The molecule has 6 heteroatoms. The Morgan fingerprint density at radius 1 is 0.460 bits per heavy atom. The molecular weight excluding hydrogens is 779 g/mol. The first kappa shape index (κ1) is 59.8. The molecule has 0 saturated carbocycles. The predicted molar refractivity (Wildman–Crippen MR) is 273 cm³/mol. The Balaban J connectivity index is 4.74. The van der Waals surface area contributed by atoms with Crippen molar-refractivity contribution in [1.29, 1.82) is 0 Å². The molecule has 0 saturated heterocycles. The van der Waals surface area contributed by atoms with Gasteiger partial charge in [-0.3, -0.25) is 9.59 Å². The van der Waals surface area contributed by atoms with E-state index in [0.717, 1.165) is 96.3 Å². The SMILES string of the molecule is CCC/C=C/C=C/C=C/C=C/C=C/CCCCCCCC(=O)OC(CCCCC/C=C/C=C/C=C/CCCCCCC)CC(=O)NC(CO)C(O)CCCCCCCCCCCC. The van der Waals surface area contributed by atoms with Gasteiger partial charge in [-0.05, 0) is 70.6 Å². The van der Waals surface area contributed by atoms with Crippen LogP contribution in [0.2, 0.25) is 0 Å². The maximum absolute atomic E-state index is 13.2. The molecule has 0 spiro atoms. The minimum atomic E-state index is -0.806. The van der Waals surface area contributed by atoms with E-state index in [1.54, 1.807) is 0 Å². The van der Waals surface area contributed by atoms with Crippen molar-refractivity contribution in [3.63, 3.8) is 0 Å². The van der Waals surface area contributed by atoms with E-state index in [9.17, 15) is 19.8 Å². The Morgan fingerprint density at radius 2 is 0.841 bits per heavy atom. The number of unbranched alkanes of at least 4 members (excludes halogenated alkanes) is 23. The lowest BCUT2D eigenvalue weighted by molar-refractivity contribution is -0.151. The van der Waals surface area contributed by atoms with Crippen molar-refractivity contribution in [3.8, 4) is 0 Å². The summed E-state index contributed by atoms with van der Waals surface area (Å²) in [6.07, 6.45) is 66.0. The fraction of sp³-hybridized carbons (Fsp3) is 0.684. The minimum absolute atomic E-state index is 0.0386. The van der Waals surface area contributed by atoms with Crippen LogP contribution in [0.15, 0.2) is 97.2 Å². The van der Waals surface area contributed by atoms with Crippen LogP contribution in [0.5, 0.6) is 0 Å². The van der Waals surface area contributed by atoms with Crippen molar-refractivity contribution >= 4 is 11.9 Å². The quantitative estimate of drug-likeness (QED) is 0.0322. The summed E-state index contributed by atoms with van der Waals surface area (Å²) in [7, 11) is 0. The van der Waals surface area contributed by atoms with E-state index in [0.29, 0.717) is 19.3 Å². The number of hydrogen-bond donors (Lipinski definition) is 3. The van der Waals surface area contributed by atoms with Crippen molar-refractivity contribution in [1.82, 2.24) is 5.32 Å². The lowest BCUT2D eigenvalue weighted by atomic mass is 10.0. The topological polar surface area (TPSA) is 95.9 Å². The van der Waals surface area contributed by atoms with Crippen LogP contribution in [0.4, 0.5) is 0 Å². The number of nitrogens with one attached hydrogen (secondary N) is 1. The van der Waals surface area contributed by atoms with Crippen molar-refractivity contribution in [2.75, 3.05) is 6.61 Å². The van der Waals surface area contributed by atoms with Gasteiger partial charge in [-0.25, -0.2) is 0 Å². The van der Waals surface area contributed by atoms with Gasteiger partial charge in [-0.15, -0.1) is 0 Å². The molecule has 3 unspecified atom stereocenters. The highest BCUT2D eigenvalue weighted by Gasteiger charge is 2.24. The third-order valence-electron chi connectivity index (χ3n) is 11.3. The molecule has 0 fully saturated rings. The summed E-state index contributed by atoms with van der Waals surface area (Å²) in [6.45, 7) is 6.34. The maximum atomic E-state index is 13.2. The molecule has 3 atom stereocenters. The smallest absolute Gasteiger partial charge is 0.306 e. The fourth-order valence-corrected chi connectivity index (χ4v) is 7.34. The Hall–Kier alpha value is -3.22. The average Bonchev–Trinajstić information content (AvgIpc) is 3.28. The molecule has 63 heavy (non-hydrogen) atoms. The number of allylic oxidation sites excluding steroid dienone is 16. The normalized spacial score (nSPS) is 14.0. The molecule has 6 nitrogen and oxygen atoms in total. The lowest BCUT2D eigenvalue weighted by Gasteiger charge is -2.24. The highest BCUT2D eigenvalue weighted by atomic mass is 16.5. The molecule has 0 aliphatic carbocycles. The third kappa shape index (κ3) is 45.2. The first-order valence-corrected chi connectivity index (χ1v) is 26.1. The number of carbonyl (C=O) groups excluding carboxylic acids is 2. The van der Waals surface area contributed by atoms with E-state index in [2.05, 4.69) is 99.0 Å². The second-order valence-electron chi connectivity index (χ2n) is 17.4. The van der Waals surface area contributed by atoms with Gasteiger partial charge in [-0.2, -0.15) is 0 Å². The standard InChI is InChI=1S/C57H97NO5/c1-4-7-10-13-16-19-22-24-26-28-29-31-33-35-38-41-44-47-50-57(62)63-53(48-45-42-39-36-34-32-30-27-25-23-20-17-14-11-8-5-2)51-56(61)58-54(52-59)55(60)49-46-43-40-37-21-18-15-12-9-6-3/h10,13,16,19,22-32,34,53-55,59-60H,4-9,11-12,14-15,17-18,20-21,33,35-52H2,1-3H3,(H,58,61)/b13-10+,19-16+,24-22+,25-23+,28-26+,30-27+,31-29+,34-32+. The van der Waals surface area contributed by atoms with Crippen molar-refractivity contribution in [3.05, 3.63) is 97.2 Å². The lowest BCUT2D eigenvalue weighted by Crippen LogP contribution is -2.46. The van der Waals surface area contributed by atoms with E-state index >= 15 is 0 Å². The van der Waals surface area contributed by atoms with Crippen molar-refractivity contribution in [2.45, 2.75) is 244 Å². The summed E-state index contributed by atoms with van der Waals surface area (Å²) in [4.78, 5) is 26.2. The van der Waals surface area contributed by atoms with E-state index in [-0.39, 0.29) is 24.9 Å². The van der Waals surface area contributed by atoms with Crippen LogP contribution in [0.3, 0.4) is 0 Å². The molecule has 3 N–H and O–H groups in total. The number of rotatable bonds is 45. The summed E-state index contributed by atoms with van der Waals surface area (Å²) in [6, 6.07) is -0.723. The number of hydrogen-bond acceptors (Lipinski definition) is 5. The zero-order chi connectivity index (χ0) is 45.9. The summed E-state index contributed by atoms with van der Waals surface area (Å²) in [5.74, 6) is -0.543. The van der Waals surface area contributed by atoms with E-state index in [1.807, 2.05) is 24.3 Å². The number of esters is 1. The van der Waals surface area contributed by atoms with Gasteiger partial charge in [0.1, 0.15) is 6.10 Å². The highest BCUT2D eigenvalue weighted by molar-refractivity contribution is 5.77. The van der Waals surface area contributed by atoms with Crippen molar-refractivity contribution < 1.29 is 24.5 Å². The van der Waals surface area contributed by atoms with Crippen LogP contribution in [0, 0.1) is 0 Å². The molecule has 0 aromatic rings. The minimum Gasteiger partial charge on any atom is -0.462 e.